The third-order valence-corrected chi connectivity index (χ3v) is 2.92. The summed E-state index contributed by atoms with van der Waals surface area (Å²) >= 11 is 5.16. The molecule has 6 heteroatoms. The Labute approximate surface area is 110 Å². The second-order valence-corrected chi connectivity index (χ2v) is 4.00. The van der Waals surface area contributed by atoms with E-state index in [2.05, 4.69) is 10.3 Å². The number of nitrogens with one attached hydrogen (secondary N) is 1. The highest BCUT2D eigenvalue weighted by atomic mass is 32.1. The summed E-state index contributed by atoms with van der Waals surface area (Å²) in [5.74, 6) is -0.391. The fraction of sp³-hybridized carbons (Fsp3) is 0.250. The largest absolute Gasteiger partial charge is 0.461 e. The number of hydrogen-bond donors (Lipinski definition) is 1. The van der Waals surface area contributed by atoms with E-state index in [4.69, 9.17) is 17.0 Å². The number of esters is 1. The second-order valence-electron chi connectivity index (χ2n) is 3.59. The maximum Gasteiger partial charge on any atom is 0.356 e. The van der Waals surface area contributed by atoms with Gasteiger partial charge in [-0.3, -0.25) is 4.40 Å². The van der Waals surface area contributed by atoms with Crippen LogP contribution >= 0.6 is 12.2 Å². The Balaban J connectivity index is 2.49. The normalized spacial score (nSPS) is 10.3. The molecule has 0 aromatic carbocycles. The van der Waals surface area contributed by atoms with Crippen LogP contribution in [0.4, 0.5) is 0 Å². The van der Waals surface area contributed by atoms with Gasteiger partial charge in [-0.15, -0.1) is 0 Å². The van der Waals surface area contributed by atoms with Crippen molar-refractivity contribution in [2.75, 3.05) is 13.7 Å². The standard InChI is InChI=1S/C12H13N3O2S/c1-3-17-12(16)9-6-14-10-5-4-8(7-15(9)10)11(18)13-2/h4-7H,3H2,1-2H3,(H,13,18). The molecular formula is C12H13N3O2S. The molecule has 0 radical (unpaired) electrons. The maximum atomic E-state index is 11.7. The molecule has 0 spiro atoms. The molecule has 0 saturated heterocycles. The van der Waals surface area contributed by atoms with Crippen LogP contribution in [0.15, 0.2) is 24.5 Å². The van der Waals surface area contributed by atoms with Gasteiger partial charge in [0.25, 0.3) is 0 Å². The summed E-state index contributed by atoms with van der Waals surface area (Å²) in [4.78, 5) is 16.5. The molecule has 2 aromatic heterocycles. The van der Waals surface area contributed by atoms with E-state index in [0.29, 0.717) is 22.9 Å². The van der Waals surface area contributed by atoms with Crippen LogP contribution in [-0.4, -0.2) is 34.0 Å². The lowest BCUT2D eigenvalue weighted by atomic mass is 10.3. The number of thiocarbonyl (C=S) groups is 1. The molecule has 0 atom stereocenters. The molecule has 0 amide bonds. The Morgan fingerprint density at radius 2 is 2.33 bits per heavy atom. The van der Waals surface area contributed by atoms with Gasteiger partial charge >= 0.3 is 5.97 Å². The van der Waals surface area contributed by atoms with Gasteiger partial charge in [-0.1, -0.05) is 12.2 Å². The average Bonchev–Trinajstić information content (AvgIpc) is 2.80. The summed E-state index contributed by atoms with van der Waals surface area (Å²) in [6, 6.07) is 3.66. The van der Waals surface area contributed by atoms with Crippen LogP contribution in [0.3, 0.4) is 0 Å². The summed E-state index contributed by atoms with van der Waals surface area (Å²) in [6.45, 7) is 2.10. The van der Waals surface area contributed by atoms with E-state index < -0.39 is 5.97 Å². The van der Waals surface area contributed by atoms with Crippen molar-refractivity contribution in [3.8, 4) is 0 Å². The van der Waals surface area contributed by atoms with E-state index in [-0.39, 0.29) is 0 Å². The molecule has 5 nitrogen and oxygen atoms in total. The molecule has 0 saturated carbocycles. The molecule has 94 valence electrons. The van der Waals surface area contributed by atoms with Gasteiger partial charge in [0.2, 0.25) is 0 Å². The van der Waals surface area contributed by atoms with E-state index in [0.717, 1.165) is 5.56 Å². The Morgan fingerprint density at radius 1 is 1.56 bits per heavy atom. The van der Waals surface area contributed by atoms with Crippen molar-refractivity contribution in [2.24, 2.45) is 0 Å². The highest BCUT2D eigenvalue weighted by Crippen LogP contribution is 2.10. The van der Waals surface area contributed by atoms with Crippen molar-refractivity contribution in [1.29, 1.82) is 0 Å². The van der Waals surface area contributed by atoms with E-state index in [1.54, 1.807) is 24.6 Å². The number of aromatic nitrogens is 2. The zero-order chi connectivity index (χ0) is 13.1. The van der Waals surface area contributed by atoms with Crippen molar-refractivity contribution in [3.05, 3.63) is 35.8 Å². The van der Waals surface area contributed by atoms with E-state index in [1.165, 1.54) is 6.20 Å². The monoisotopic (exact) mass is 263 g/mol. The molecule has 0 unspecified atom stereocenters. The molecule has 2 aromatic rings. The van der Waals surface area contributed by atoms with Crippen molar-refractivity contribution in [3.63, 3.8) is 0 Å². The van der Waals surface area contributed by atoms with Crippen molar-refractivity contribution in [1.82, 2.24) is 14.7 Å². The fourth-order valence-corrected chi connectivity index (χ4v) is 1.74. The number of imidazole rings is 1. The molecule has 0 bridgehead atoms. The number of rotatable bonds is 3. The Hall–Kier alpha value is -1.95. The van der Waals surface area contributed by atoms with Gasteiger partial charge < -0.3 is 10.1 Å². The summed E-state index contributed by atoms with van der Waals surface area (Å²) in [7, 11) is 1.76. The number of carbonyl (C=O) groups excluding carboxylic acids is 1. The zero-order valence-electron chi connectivity index (χ0n) is 10.1. The highest BCUT2D eigenvalue weighted by Gasteiger charge is 2.13. The van der Waals surface area contributed by atoms with Gasteiger partial charge in [-0.25, -0.2) is 9.78 Å². The lowest BCUT2D eigenvalue weighted by molar-refractivity contribution is 0.0518. The topological polar surface area (TPSA) is 55.6 Å². The number of carbonyl (C=O) groups is 1. The number of pyridine rings is 1. The molecular weight excluding hydrogens is 250 g/mol. The smallest absolute Gasteiger partial charge is 0.356 e. The number of ether oxygens (including phenoxy) is 1. The van der Waals surface area contributed by atoms with Crippen molar-refractivity contribution in [2.45, 2.75) is 6.92 Å². The van der Waals surface area contributed by atoms with E-state index >= 15 is 0 Å². The van der Waals surface area contributed by atoms with Crippen LogP contribution in [0.1, 0.15) is 23.0 Å². The van der Waals surface area contributed by atoms with Crippen molar-refractivity contribution < 1.29 is 9.53 Å². The average molecular weight is 263 g/mol. The number of fused-ring (bicyclic) bond motifs is 1. The Kier molecular flexibility index (Phi) is 3.57. The summed E-state index contributed by atoms with van der Waals surface area (Å²) in [5.41, 5.74) is 1.90. The third-order valence-electron chi connectivity index (χ3n) is 2.48. The minimum absolute atomic E-state index is 0.334. The van der Waals surface area contributed by atoms with Crippen LogP contribution in [-0.2, 0) is 4.74 Å². The summed E-state index contributed by atoms with van der Waals surface area (Å²) in [5, 5.41) is 2.89. The van der Waals surface area contributed by atoms with Crippen LogP contribution < -0.4 is 5.32 Å². The first-order valence-electron chi connectivity index (χ1n) is 5.53. The Morgan fingerprint density at radius 3 is 3.00 bits per heavy atom. The van der Waals surface area contributed by atoms with Crippen LogP contribution in [0.25, 0.3) is 5.65 Å². The zero-order valence-corrected chi connectivity index (χ0v) is 11.0. The minimum Gasteiger partial charge on any atom is -0.461 e. The molecule has 2 heterocycles. The Bertz CT molecular complexity index is 606. The molecule has 0 aliphatic rings. The number of hydrogen-bond acceptors (Lipinski definition) is 4. The highest BCUT2D eigenvalue weighted by molar-refractivity contribution is 7.80. The summed E-state index contributed by atoms with van der Waals surface area (Å²) in [6.07, 6.45) is 3.27. The molecule has 1 N–H and O–H groups in total. The van der Waals surface area contributed by atoms with Gasteiger partial charge in [0.15, 0.2) is 5.69 Å². The van der Waals surface area contributed by atoms with Crippen molar-refractivity contribution >= 4 is 28.8 Å². The molecule has 0 aliphatic heterocycles. The molecule has 0 fully saturated rings. The molecule has 0 aliphatic carbocycles. The van der Waals surface area contributed by atoms with Gasteiger partial charge in [0, 0.05) is 18.8 Å². The first kappa shape index (κ1) is 12.5. The van der Waals surface area contributed by atoms with Crippen LogP contribution in [0, 0.1) is 0 Å². The first-order valence-corrected chi connectivity index (χ1v) is 5.94. The third kappa shape index (κ3) is 2.19. The quantitative estimate of drug-likeness (QED) is 0.670. The minimum atomic E-state index is -0.391. The van der Waals surface area contributed by atoms with Gasteiger partial charge in [0.05, 0.1) is 12.8 Å². The van der Waals surface area contributed by atoms with Gasteiger partial charge in [-0.2, -0.15) is 0 Å². The predicted octanol–water partition coefficient (Wildman–Crippen LogP) is 1.41. The lowest BCUT2D eigenvalue weighted by Crippen LogP contribution is -2.17. The first-order chi connectivity index (χ1) is 8.67. The maximum absolute atomic E-state index is 11.7. The molecule has 2 rings (SSSR count). The van der Waals surface area contributed by atoms with E-state index in [1.807, 2.05) is 12.1 Å². The van der Waals surface area contributed by atoms with E-state index in [9.17, 15) is 4.79 Å². The van der Waals surface area contributed by atoms with Crippen LogP contribution in [0.2, 0.25) is 0 Å². The van der Waals surface area contributed by atoms with Crippen LogP contribution in [0.5, 0.6) is 0 Å². The summed E-state index contributed by atoms with van der Waals surface area (Å²) < 4.78 is 6.65. The SMILES string of the molecule is CCOC(=O)c1cnc2ccc(C(=S)NC)cn12. The second kappa shape index (κ2) is 5.14. The fourth-order valence-electron chi connectivity index (χ4n) is 1.62. The predicted molar refractivity (Wildman–Crippen MR) is 71.9 cm³/mol. The van der Waals surface area contributed by atoms with Gasteiger partial charge in [0.1, 0.15) is 10.6 Å². The lowest BCUT2D eigenvalue weighted by Gasteiger charge is -2.05. The molecule has 18 heavy (non-hydrogen) atoms. The van der Waals surface area contributed by atoms with Gasteiger partial charge in [-0.05, 0) is 19.1 Å². The number of nitrogens with zero attached hydrogens (tertiary/aromatic N) is 2.